The Morgan fingerprint density at radius 3 is 2.19 bits per heavy atom. The Bertz CT molecular complexity index is 649. The third-order valence-corrected chi connectivity index (χ3v) is 4.47. The van der Waals surface area contributed by atoms with Crippen molar-refractivity contribution in [1.29, 1.82) is 0 Å². The van der Waals surface area contributed by atoms with Crippen molar-refractivity contribution < 1.29 is 24.3 Å². The fraction of sp³-hybridized carbons (Fsp3) is 0.619. The highest BCUT2D eigenvalue weighted by atomic mass is 16.3. The van der Waals surface area contributed by atoms with Crippen molar-refractivity contribution in [2.75, 3.05) is 0 Å². The standard InChI is InChI=1S/C21H30O5/c1-12(2)7-9-15-19(24)18(16(22)11-14(5)6)20(25)21(15,26)17(23)10-8-13(3)4/h7-8,10,13-15,18,26H,9,11H2,1-6H3/b10-8+/t15-,18?,21+/m1/s1. The Morgan fingerprint density at radius 2 is 1.73 bits per heavy atom. The van der Waals surface area contributed by atoms with Gasteiger partial charge in [-0.05, 0) is 38.2 Å². The van der Waals surface area contributed by atoms with E-state index in [2.05, 4.69) is 0 Å². The van der Waals surface area contributed by atoms with Gasteiger partial charge in [-0.15, -0.1) is 0 Å². The number of ketones is 4. The number of rotatable bonds is 8. The molecule has 5 nitrogen and oxygen atoms in total. The van der Waals surface area contributed by atoms with Gasteiger partial charge in [0, 0.05) is 6.42 Å². The van der Waals surface area contributed by atoms with Crippen LogP contribution in [0.3, 0.4) is 0 Å². The number of carbonyl (C=O) groups excluding carboxylic acids is 4. The molecule has 1 N–H and O–H groups in total. The van der Waals surface area contributed by atoms with Gasteiger partial charge in [-0.25, -0.2) is 0 Å². The summed E-state index contributed by atoms with van der Waals surface area (Å²) >= 11 is 0. The molecule has 1 aliphatic rings. The largest absolute Gasteiger partial charge is 0.374 e. The number of Topliss-reactive ketones (excluding diaryl/α,β-unsaturated/α-hetero) is 3. The van der Waals surface area contributed by atoms with Crippen molar-refractivity contribution >= 4 is 23.1 Å². The molecule has 0 spiro atoms. The maximum absolute atomic E-state index is 12.8. The molecule has 1 fully saturated rings. The Hall–Kier alpha value is -1.88. The van der Waals surface area contributed by atoms with Gasteiger partial charge in [-0.1, -0.05) is 45.4 Å². The molecule has 0 aromatic rings. The van der Waals surface area contributed by atoms with Crippen LogP contribution in [0.2, 0.25) is 0 Å². The number of hydrogen-bond donors (Lipinski definition) is 1. The first kappa shape index (κ1) is 22.2. The minimum Gasteiger partial charge on any atom is -0.374 e. The molecule has 1 aliphatic carbocycles. The van der Waals surface area contributed by atoms with Gasteiger partial charge in [-0.3, -0.25) is 19.2 Å². The van der Waals surface area contributed by atoms with Gasteiger partial charge in [-0.2, -0.15) is 0 Å². The van der Waals surface area contributed by atoms with Crippen LogP contribution in [-0.4, -0.2) is 33.8 Å². The highest BCUT2D eigenvalue weighted by molar-refractivity contribution is 6.34. The second-order valence-electron chi connectivity index (χ2n) is 8.07. The lowest BCUT2D eigenvalue weighted by atomic mass is 9.82. The molecule has 0 aromatic heterocycles. The van der Waals surface area contributed by atoms with E-state index < -0.39 is 40.6 Å². The van der Waals surface area contributed by atoms with Crippen LogP contribution in [0.15, 0.2) is 23.8 Å². The Balaban J connectivity index is 3.35. The van der Waals surface area contributed by atoms with Crippen molar-refractivity contribution in [3.63, 3.8) is 0 Å². The van der Waals surface area contributed by atoms with E-state index >= 15 is 0 Å². The summed E-state index contributed by atoms with van der Waals surface area (Å²) in [6.07, 6.45) is 4.54. The van der Waals surface area contributed by atoms with E-state index in [9.17, 15) is 24.3 Å². The number of carbonyl (C=O) groups is 4. The average molecular weight is 362 g/mol. The van der Waals surface area contributed by atoms with Gasteiger partial charge < -0.3 is 5.11 Å². The van der Waals surface area contributed by atoms with E-state index in [0.717, 1.165) is 11.6 Å². The summed E-state index contributed by atoms with van der Waals surface area (Å²) in [5.41, 5.74) is -1.57. The number of allylic oxidation sites excluding steroid dienone is 3. The van der Waals surface area contributed by atoms with Gasteiger partial charge in [0.1, 0.15) is 5.92 Å². The summed E-state index contributed by atoms with van der Waals surface area (Å²) in [4.78, 5) is 50.7. The predicted octanol–water partition coefficient (Wildman–Crippen LogP) is 2.85. The Kier molecular flexibility index (Phi) is 7.39. The van der Waals surface area contributed by atoms with Gasteiger partial charge in [0.2, 0.25) is 0 Å². The lowest BCUT2D eigenvalue weighted by Crippen LogP contribution is -2.49. The van der Waals surface area contributed by atoms with E-state index in [1.807, 2.05) is 41.5 Å². The highest BCUT2D eigenvalue weighted by Crippen LogP contribution is 2.39. The second-order valence-corrected chi connectivity index (χ2v) is 8.07. The molecule has 0 amide bonds. The molecule has 0 bridgehead atoms. The van der Waals surface area contributed by atoms with Crippen LogP contribution in [0.4, 0.5) is 0 Å². The van der Waals surface area contributed by atoms with Crippen LogP contribution in [-0.2, 0) is 19.2 Å². The van der Waals surface area contributed by atoms with Crippen LogP contribution in [0.5, 0.6) is 0 Å². The van der Waals surface area contributed by atoms with Crippen LogP contribution >= 0.6 is 0 Å². The molecule has 0 heterocycles. The normalized spacial score (nSPS) is 26.2. The van der Waals surface area contributed by atoms with Gasteiger partial charge in [0.05, 0.1) is 5.92 Å². The molecule has 3 atom stereocenters. The van der Waals surface area contributed by atoms with E-state index in [0.29, 0.717) is 0 Å². The van der Waals surface area contributed by atoms with Crippen molar-refractivity contribution in [1.82, 2.24) is 0 Å². The molecule has 0 aromatic carbocycles. The lowest BCUT2D eigenvalue weighted by Gasteiger charge is -2.24. The second kappa shape index (κ2) is 8.67. The summed E-state index contributed by atoms with van der Waals surface area (Å²) in [7, 11) is 0. The fourth-order valence-electron chi connectivity index (χ4n) is 3.09. The summed E-state index contributed by atoms with van der Waals surface area (Å²) < 4.78 is 0. The zero-order chi connectivity index (χ0) is 20.2. The minimum absolute atomic E-state index is 0.0236. The molecule has 26 heavy (non-hydrogen) atoms. The molecule has 1 rings (SSSR count). The number of aliphatic hydroxyl groups is 1. The first-order valence-corrected chi connectivity index (χ1v) is 9.12. The SMILES string of the molecule is CC(C)=CC[C@@H]1C(=O)C(C(=O)CC(C)C)C(=O)[C@@]1(O)C(=O)/C=C/C(C)C. The highest BCUT2D eigenvalue weighted by Gasteiger charge is 2.63. The molecule has 0 saturated heterocycles. The molecular formula is C21H30O5. The molecule has 144 valence electrons. The summed E-state index contributed by atoms with van der Waals surface area (Å²) in [5.74, 6) is -5.71. The molecule has 0 aliphatic heterocycles. The van der Waals surface area contributed by atoms with Gasteiger partial charge in [0.25, 0.3) is 0 Å². The quantitative estimate of drug-likeness (QED) is 0.407. The molecule has 0 radical (unpaired) electrons. The van der Waals surface area contributed by atoms with E-state index in [4.69, 9.17) is 0 Å². The van der Waals surface area contributed by atoms with Crippen molar-refractivity contribution in [3.05, 3.63) is 23.8 Å². The first-order valence-electron chi connectivity index (χ1n) is 9.12. The van der Waals surface area contributed by atoms with Crippen LogP contribution in [0, 0.1) is 23.7 Å². The maximum atomic E-state index is 12.8. The molecule has 1 saturated carbocycles. The van der Waals surface area contributed by atoms with Crippen LogP contribution in [0.1, 0.15) is 54.4 Å². The minimum atomic E-state index is -2.47. The Morgan fingerprint density at radius 1 is 1.15 bits per heavy atom. The van der Waals surface area contributed by atoms with E-state index in [-0.39, 0.29) is 24.7 Å². The van der Waals surface area contributed by atoms with Crippen molar-refractivity contribution in [2.45, 2.75) is 60.0 Å². The monoisotopic (exact) mass is 362 g/mol. The topological polar surface area (TPSA) is 88.5 Å². The smallest absolute Gasteiger partial charge is 0.196 e. The van der Waals surface area contributed by atoms with Crippen LogP contribution < -0.4 is 0 Å². The summed E-state index contributed by atoms with van der Waals surface area (Å²) in [6.45, 7) is 11.0. The maximum Gasteiger partial charge on any atom is 0.196 e. The van der Waals surface area contributed by atoms with E-state index in [1.165, 1.54) is 0 Å². The van der Waals surface area contributed by atoms with E-state index in [1.54, 1.807) is 12.2 Å². The lowest BCUT2D eigenvalue weighted by molar-refractivity contribution is -0.151. The van der Waals surface area contributed by atoms with Gasteiger partial charge in [0.15, 0.2) is 28.7 Å². The zero-order valence-electron chi connectivity index (χ0n) is 16.5. The fourth-order valence-corrected chi connectivity index (χ4v) is 3.09. The average Bonchev–Trinajstić information content (AvgIpc) is 2.69. The first-order chi connectivity index (χ1) is 11.9. The van der Waals surface area contributed by atoms with Crippen molar-refractivity contribution in [2.24, 2.45) is 23.7 Å². The van der Waals surface area contributed by atoms with Crippen molar-refractivity contribution in [3.8, 4) is 0 Å². The zero-order valence-corrected chi connectivity index (χ0v) is 16.5. The molecular weight excluding hydrogens is 332 g/mol. The summed E-state index contributed by atoms with van der Waals surface area (Å²) in [6, 6.07) is 0. The third-order valence-electron chi connectivity index (χ3n) is 4.47. The van der Waals surface area contributed by atoms with Crippen LogP contribution in [0.25, 0.3) is 0 Å². The summed E-state index contributed by atoms with van der Waals surface area (Å²) in [5, 5.41) is 11.0. The van der Waals surface area contributed by atoms with Gasteiger partial charge >= 0.3 is 0 Å². The molecule has 1 unspecified atom stereocenters. The predicted molar refractivity (Wildman–Crippen MR) is 99.4 cm³/mol. The number of hydrogen-bond acceptors (Lipinski definition) is 5. The Labute approximate surface area is 155 Å². The molecule has 5 heteroatoms. The third kappa shape index (κ3) is 4.64.